The molecule has 2 atom stereocenters. The fourth-order valence-corrected chi connectivity index (χ4v) is 2.70. The van der Waals surface area contributed by atoms with Crippen LogP contribution in [0.15, 0.2) is 18.2 Å². The second kappa shape index (κ2) is 9.43. The first-order valence-corrected chi connectivity index (χ1v) is 8.76. The van der Waals surface area contributed by atoms with Crippen molar-refractivity contribution in [1.29, 1.82) is 0 Å². The highest BCUT2D eigenvalue weighted by atomic mass is 16.6. The molecule has 0 aromatic heterocycles. The Morgan fingerprint density at radius 2 is 1.85 bits per heavy atom. The van der Waals surface area contributed by atoms with Gasteiger partial charge in [0.15, 0.2) is 0 Å². The predicted octanol–water partition coefficient (Wildman–Crippen LogP) is 2.18. The highest BCUT2D eigenvalue weighted by Crippen LogP contribution is 2.22. The maximum atomic E-state index is 12.6. The third-order valence-corrected chi connectivity index (χ3v) is 4.26. The van der Waals surface area contributed by atoms with E-state index in [9.17, 15) is 9.59 Å². The van der Waals surface area contributed by atoms with E-state index in [2.05, 4.69) is 5.32 Å². The van der Waals surface area contributed by atoms with Crippen LogP contribution in [0.1, 0.15) is 37.0 Å². The summed E-state index contributed by atoms with van der Waals surface area (Å²) in [6.45, 7) is 4.62. The first-order valence-electron chi connectivity index (χ1n) is 8.76. The Bertz CT molecular complexity index is 602. The molecule has 1 aliphatic rings. The minimum absolute atomic E-state index is 0.0508. The number of benzene rings is 1. The van der Waals surface area contributed by atoms with Crippen LogP contribution in [0.25, 0.3) is 0 Å². The van der Waals surface area contributed by atoms with Crippen molar-refractivity contribution in [2.45, 2.75) is 38.8 Å². The number of methoxy groups -OCH3 is 2. The Morgan fingerprint density at radius 1 is 1.19 bits per heavy atom. The number of hydrogen-bond donors (Lipinski definition) is 1. The number of rotatable bonds is 8. The first-order chi connectivity index (χ1) is 12.4. The van der Waals surface area contributed by atoms with Gasteiger partial charge in [-0.3, -0.25) is 4.79 Å². The van der Waals surface area contributed by atoms with E-state index in [1.165, 1.54) is 14.2 Å². The van der Waals surface area contributed by atoms with Crippen molar-refractivity contribution in [3.05, 3.63) is 23.8 Å². The molecule has 7 heteroatoms. The van der Waals surface area contributed by atoms with Crippen LogP contribution in [0.3, 0.4) is 0 Å². The van der Waals surface area contributed by atoms with Crippen molar-refractivity contribution < 1.29 is 28.5 Å². The molecule has 0 bridgehead atoms. The molecule has 0 saturated carbocycles. The van der Waals surface area contributed by atoms with Gasteiger partial charge in [0.2, 0.25) is 0 Å². The third kappa shape index (κ3) is 5.36. The van der Waals surface area contributed by atoms with E-state index in [1.807, 2.05) is 13.8 Å². The van der Waals surface area contributed by atoms with Gasteiger partial charge in [-0.25, -0.2) is 4.79 Å². The summed E-state index contributed by atoms with van der Waals surface area (Å²) < 4.78 is 21.2. The van der Waals surface area contributed by atoms with E-state index >= 15 is 0 Å². The Hall–Kier alpha value is -2.28. The molecule has 0 unspecified atom stereocenters. The molecule has 144 valence electrons. The highest BCUT2D eigenvalue weighted by molar-refractivity contribution is 5.97. The number of nitrogens with one attached hydrogen (secondary N) is 1. The van der Waals surface area contributed by atoms with Crippen LogP contribution in [0.2, 0.25) is 0 Å². The van der Waals surface area contributed by atoms with Crippen molar-refractivity contribution >= 4 is 11.9 Å². The van der Waals surface area contributed by atoms with Crippen LogP contribution >= 0.6 is 0 Å². The largest absolute Gasteiger partial charge is 0.497 e. The average molecular weight is 365 g/mol. The monoisotopic (exact) mass is 365 g/mol. The van der Waals surface area contributed by atoms with Crippen LogP contribution in [0.4, 0.5) is 0 Å². The Balaban J connectivity index is 2.03. The topological polar surface area (TPSA) is 83.1 Å². The molecule has 1 aliphatic heterocycles. The van der Waals surface area contributed by atoms with Crippen LogP contribution in [0, 0.1) is 5.92 Å². The molecular weight excluding hydrogens is 338 g/mol. The molecule has 1 N–H and O–H groups in total. The van der Waals surface area contributed by atoms with Gasteiger partial charge >= 0.3 is 5.97 Å². The lowest BCUT2D eigenvalue weighted by Crippen LogP contribution is -2.45. The van der Waals surface area contributed by atoms with Crippen molar-refractivity contribution in [3.63, 3.8) is 0 Å². The van der Waals surface area contributed by atoms with Crippen LogP contribution in [-0.4, -0.2) is 51.5 Å². The lowest BCUT2D eigenvalue weighted by atomic mass is 10.0. The van der Waals surface area contributed by atoms with E-state index in [0.717, 1.165) is 12.8 Å². The van der Waals surface area contributed by atoms with E-state index in [4.69, 9.17) is 18.9 Å². The van der Waals surface area contributed by atoms with Crippen LogP contribution in [0.5, 0.6) is 11.5 Å². The zero-order chi connectivity index (χ0) is 19.1. The first kappa shape index (κ1) is 20.0. The van der Waals surface area contributed by atoms with Gasteiger partial charge in [-0.2, -0.15) is 0 Å². The SMILES string of the molecule is COc1cc(OC)cc(C(=O)N[C@H](C(=O)OC[C@@H]2CCCO2)C(C)C)c1. The molecule has 1 fully saturated rings. The molecule has 1 amide bonds. The molecule has 1 heterocycles. The number of ether oxygens (including phenoxy) is 4. The number of esters is 1. The van der Waals surface area contributed by atoms with Crippen molar-refractivity contribution in [2.24, 2.45) is 5.92 Å². The zero-order valence-corrected chi connectivity index (χ0v) is 15.7. The second-order valence-corrected chi connectivity index (χ2v) is 6.56. The maximum absolute atomic E-state index is 12.6. The number of carbonyl (C=O) groups is 2. The fourth-order valence-electron chi connectivity index (χ4n) is 2.70. The normalized spacial score (nSPS) is 17.7. The summed E-state index contributed by atoms with van der Waals surface area (Å²) >= 11 is 0. The van der Waals surface area contributed by atoms with Crippen molar-refractivity contribution in [3.8, 4) is 11.5 Å². The van der Waals surface area contributed by atoms with E-state index in [-0.39, 0.29) is 18.6 Å². The van der Waals surface area contributed by atoms with Crippen molar-refractivity contribution in [2.75, 3.05) is 27.4 Å². The third-order valence-electron chi connectivity index (χ3n) is 4.26. The Labute approximate surface area is 153 Å². The molecular formula is C19H27NO6. The standard InChI is InChI=1S/C19H27NO6/c1-12(2)17(19(22)26-11-14-6-5-7-25-14)20-18(21)13-8-15(23-3)10-16(9-13)24-4/h8-10,12,14,17H,5-7,11H2,1-4H3,(H,20,21)/t14-,17-/m0/s1. The Morgan fingerprint density at radius 3 is 2.35 bits per heavy atom. The maximum Gasteiger partial charge on any atom is 0.329 e. The number of carbonyl (C=O) groups excluding carboxylic acids is 2. The number of amides is 1. The minimum Gasteiger partial charge on any atom is -0.497 e. The second-order valence-electron chi connectivity index (χ2n) is 6.56. The van der Waals surface area contributed by atoms with Gasteiger partial charge in [0.1, 0.15) is 24.1 Å². The summed E-state index contributed by atoms with van der Waals surface area (Å²) in [5, 5.41) is 2.75. The molecule has 0 aliphatic carbocycles. The average Bonchev–Trinajstić information content (AvgIpc) is 3.16. The molecule has 1 saturated heterocycles. The van der Waals surface area contributed by atoms with Gasteiger partial charge in [0.25, 0.3) is 5.91 Å². The van der Waals surface area contributed by atoms with Gasteiger partial charge in [-0.1, -0.05) is 13.8 Å². The van der Waals surface area contributed by atoms with Gasteiger partial charge in [0.05, 0.1) is 20.3 Å². The zero-order valence-electron chi connectivity index (χ0n) is 15.7. The van der Waals surface area contributed by atoms with E-state index in [0.29, 0.717) is 23.7 Å². The molecule has 26 heavy (non-hydrogen) atoms. The molecule has 1 aromatic carbocycles. The van der Waals surface area contributed by atoms with Gasteiger partial charge in [-0.15, -0.1) is 0 Å². The summed E-state index contributed by atoms with van der Waals surface area (Å²) in [7, 11) is 3.02. The quantitative estimate of drug-likeness (QED) is 0.711. The summed E-state index contributed by atoms with van der Waals surface area (Å²) in [4.78, 5) is 25.0. The summed E-state index contributed by atoms with van der Waals surface area (Å²) in [6.07, 6.45) is 1.81. The van der Waals surface area contributed by atoms with Crippen LogP contribution in [-0.2, 0) is 14.3 Å². The summed E-state index contributed by atoms with van der Waals surface area (Å²) in [5.41, 5.74) is 0.346. The minimum atomic E-state index is -0.749. The van der Waals surface area contributed by atoms with Crippen LogP contribution < -0.4 is 14.8 Å². The Kier molecular flexibility index (Phi) is 7.26. The molecule has 7 nitrogen and oxygen atoms in total. The van der Waals surface area contributed by atoms with Gasteiger partial charge in [0, 0.05) is 18.2 Å². The van der Waals surface area contributed by atoms with Gasteiger partial charge in [-0.05, 0) is 30.9 Å². The summed E-state index contributed by atoms with van der Waals surface area (Å²) in [5.74, 6) is 0.0187. The van der Waals surface area contributed by atoms with E-state index < -0.39 is 17.9 Å². The fraction of sp³-hybridized carbons (Fsp3) is 0.579. The number of hydrogen-bond acceptors (Lipinski definition) is 6. The lowest BCUT2D eigenvalue weighted by molar-refractivity contribution is -0.150. The lowest BCUT2D eigenvalue weighted by Gasteiger charge is -2.22. The van der Waals surface area contributed by atoms with Gasteiger partial charge < -0.3 is 24.3 Å². The molecule has 0 spiro atoms. The predicted molar refractivity (Wildman–Crippen MR) is 95.6 cm³/mol. The summed E-state index contributed by atoms with van der Waals surface area (Å²) in [6, 6.07) is 4.10. The van der Waals surface area contributed by atoms with E-state index in [1.54, 1.807) is 18.2 Å². The highest BCUT2D eigenvalue weighted by Gasteiger charge is 2.28. The molecule has 0 radical (unpaired) electrons. The smallest absolute Gasteiger partial charge is 0.329 e. The molecule has 2 rings (SSSR count). The van der Waals surface area contributed by atoms with Crippen molar-refractivity contribution in [1.82, 2.24) is 5.32 Å². The molecule has 1 aromatic rings.